The van der Waals surface area contributed by atoms with Crippen molar-refractivity contribution in [2.75, 3.05) is 13.2 Å². The molecule has 1 amide bonds. The number of Topliss-reactive ketones (excluding diaryl/α,β-unsaturated/α-hetero) is 1. The lowest BCUT2D eigenvalue weighted by molar-refractivity contribution is -0.122. The van der Waals surface area contributed by atoms with Gasteiger partial charge in [-0.05, 0) is 29.7 Å². The van der Waals surface area contributed by atoms with Crippen molar-refractivity contribution < 1.29 is 19.1 Å². The van der Waals surface area contributed by atoms with Crippen molar-refractivity contribution in [3.63, 3.8) is 0 Å². The van der Waals surface area contributed by atoms with Crippen molar-refractivity contribution in [3.8, 4) is 11.5 Å². The maximum Gasteiger partial charge on any atom is 0.224 e. The van der Waals surface area contributed by atoms with E-state index < -0.39 is 0 Å². The molecule has 138 valence electrons. The fourth-order valence-electron chi connectivity index (χ4n) is 3.49. The summed E-state index contributed by atoms with van der Waals surface area (Å²) in [6.07, 6.45) is 1.03. The molecule has 1 aliphatic heterocycles. The van der Waals surface area contributed by atoms with Crippen LogP contribution in [0.4, 0.5) is 0 Å². The highest BCUT2D eigenvalue weighted by molar-refractivity contribution is 6.10. The third-order valence-corrected chi connectivity index (χ3v) is 4.86. The Kier molecular flexibility index (Phi) is 4.92. The number of hydrogen-bond acceptors (Lipinski definition) is 4. The second-order valence-electron chi connectivity index (χ2n) is 6.72. The molecule has 4 rings (SSSR count). The van der Waals surface area contributed by atoms with Gasteiger partial charge in [0.2, 0.25) is 5.91 Å². The molecular formula is C22H21NO4. The highest BCUT2D eigenvalue weighted by Crippen LogP contribution is 2.33. The molecule has 1 heterocycles. The minimum atomic E-state index is -0.245. The van der Waals surface area contributed by atoms with Gasteiger partial charge in [-0.25, -0.2) is 0 Å². The van der Waals surface area contributed by atoms with E-state index in [0.717, 1.165) is 11.1 Å². The van der Waals surface area contributed by atoms with Crippen LogP contribution in [0, 0.1) is 0 Å². The predicted molar refractivity (Wildman–Crippen MR) is 102 cm³/mol. The largest absolute Gasteiger partial charge is 0.486 e. The maximum atomic E-state index is 12.4. The number of amides is 1. The van der Waals surface area contributed by atoms with Gasteiger partial charge in [-0.2, -0.15) is 0 Å². The van der Waals surface area contributed by atoms with E-state index in [9.17, 15) is 9.59 Å². The zero-order valence-electron chi connectivity index (χ0n) is 14.9. The Morgan fingerprint density at radius 2 is 1.74 bits per heavy atom. The van der Waals surface area contributed by atoms with Crippen LogP contribution in [0.2, 0.25) is 0 Å². The van der Waals surface area contributed by atoms with Gasteiger partial charge in [-0.15, -0.1) is 0 Å². The number of nitrogens with one attached hydrogen (secondary N) is 1. The average Bonchev–Trinajstić information content (AvgIpc) is 3.07. The van der Waals surface area contributed by atoms with E-state index >= 15 is 0 Å². The monoisotopic (exact) mass is 363 g/mol. The van der Waals surface area contributed by atoms with Crippen LogP contribution in [-0.4, -0.2) is 30.9 Å². The summed E-state index contributed by atoms with van der Waals surface area (Å²) in [6, 6.07) is 17.3. The van der Waals surface area contributed by atoms with Gasteiger partial charge in [0.05, 0.1) is 13.0 Å². The first kappa shape index (κ1) is 17.3. The molecule has 5 heteroatoms. The maximum absolute atomic E-state index is 12.4. The Bertz CT molecular complexity index is 888. The Labute approximate surface area is 158 Å². The van der Waals surface area contributed by atoms with Crippen LogP contribution < -0.4 is 14.8 Å². The summed E-state index contributed by atoms with van der Waals surface area (Å²) in [5.74, 6) is 1.30. The SMILES string of the molecule is O=C(CC1=C(c2ccccc2)CCC1=O)NC[C@H]1COc2ccccc2O1. The molecule has 27 heavy (non-hydrogen) atoms. The number of ketones is 1. The van der Waals surface area contributed by atoms with Gasteiger partial charge in [-0.1, -0.05) is 42.5 Å². The number of rotatable bonds is 5. The van der Waals surface area contributed by atoms with Crippen molar-refractivity contribution in [2.24, 2.45) is 0 Å². The summed E-state index contributed by atoms with van der Waals surface area (Å²) in [7, 11) is 0. The molecule has 0 radical (unpaired) electrons. The van der Waals surface area contributed by atoms with E-state index in [1.54, 1.807) is 0 Å². The first-order valence-electron chi connectivity index (χ1n) is 9.16. The Morgan fingerprint density at radius 3 is 2.56 bits per heavy atom. The lowest BCUT2D eigenvalue weighted by Gasteiger charge is -2.26. The van der Waals surface area contributed by atoms with E-state index in [2.05, 4.69) is 5.32 Å². The third-order valence-electron chi connectivity index (χ3n) is 4.86. The van der Waals surface area contributed by atoms with Crippen LogP contribution in [0.1, 0.15) is 24.8 Å². The Hall–Kier alpha value is -3.08. The van der Waals surface area contributed by atoms with Gasteiger partial charge in [-0.3, -0.25) is 9.59 Å². The molecule has 0 saturated carbocycles. The number of benzene rings is 2. The standard InChI is InChI=1S/C22H21NO4/c24-19-11-10-17(15-6-2-1-3-7-15)18(19)12-22(25)23-13-16-14-26-20-8-4-5-9-21(20)27-16/h1-9,16H,10-14H2,(H,23,25)/t16-/m0/s1. The molecule has 0 saturated heterocycles. The third kappa shape index (κ3) is 3.87. The van der Waals surface area contributed by atoms with Crippen LogP contribution in [0.25, 0.3) is 5.57 Å². The molecule has 0 spiro atoms. The summed E-state index contributed by atoms with van der Waals surface area (Å²) >= 11 is 0. The minimum absolute atomic E-state index is 0.0650. The first-order valence-corrected chi connectivity index (χ1v) is 9.16. The fraction of sp³-hybridized carbons (Fsp3) is 0.273. The van der Waals surface area contributed by atoms with E-state index in [1.165, 1.54) is 0 Å². The number of ether oxygens (including phenoxy) is 2. The Morgan fingerprint density at radius 1 is 1.00 bits per heavy atom. The summed E-state index contributed by atoms with van der Waals surface area (Å²) in [6.45, 7) is 0.726. The number of allylic oxidation sites excluding steroid dienone is 1. The highest BCUT2D eigenvalue weighted by atomic mass is 16.6. The molecule has 0 aromatic heterocycles. The predicted octanol–water partition coefficient (Wildman–Crippen LogP) is 3.15. The average molecular weight is 363 g/mol. The van der Waals surface area contributed by atoms with Crippen LogP contribution in [0.3, 0.4) is 0 Å². The quantitative estimate of drug-likeness (QED) is 0.886. The number of fused-ring (bicyclic) bond motifs is 1. The van der Waals surface area contributed by atoms with E-state index in [-0.39, 0.29) is 24.2 Å². The number of para-hydroxylation sites is 2. The lowest BCUT2D eigenvalue weighted by atomic mass is 10.00. The van der Waals surface area contributed by atoms with Crippen LogP contribution in [-0.2, 0) is 9.59 Å². The highest BCUT2D eigenvalue weighted by Gasteiger charge is 2.26. The van der Waals surface area contributed by atoms with Crippen molar-refractivity contribution in [1.82, 2.24) is 5.32 Å². The minimum Gasteiger partial charge on any atom is -0.486 e. The summed E-state index contributed by atoms with van der Waals surface area (Å²) in [5, 5.41) is 2.87. The molecule has 1 aliphatic carbocycles. The van der Waals surface area contributed by atoms with E-state index in [1.807, 2.05) is 54.6 Å². The van der Waals surface area contributed by atoms with Crippen molar-refractivity contribution in [3.05, 3.63) is 65.7 Å². The molecule has 1 atom stereocenters. The zero-order valence-corrected chi connectivity index (χ0v) is 14.9. The Balaban J connectivity index is 1.37. The summed E-state index contributed by atoms with van der Waals surface area (Å²) in [4.78, 5) is 24.7. The summed E-state index contributed by atoms with van der Waals surface area (Å²) in [5.41, 5.74) is 2.64. The lowest BCUT2D eigenvalue weighted by Crippen LogP contribution is -2.40. The van der Waals surface area contributed by atoms with E-state index in [0.29, 0.717) is 43.1 Å². The molecule has 0 bridgehead atoms. The molecular weight excluding hydrogens is 342 g/mol. The fourth-order valence-corrected chi connectivity index (χ4v) is 3.49. The van der Waals surface area contributed by atoms with Gasteiger partial charge < -0.3 is 14.8 Å². The number of carbonyl (C=O) groups excluding carboxylic acids is 2. The molecule has 2 aromatic carbocycles. The molecule has 2 aliphatic rings. The van der Waals surface area contributed by atoms with Gasteiger partial charge in [0.1, 0.15) is 12.7 Å². The van der Waals surface area contributed by atoms with Gasteiger partial charge in [0.25, 0.3) is 0 Å². The van der Waals surface area contributed by atoms with Crippen molar-refractivity contribution in [1.29, 1.82) is 0 Å². The van der Waals surface area contributed by atoms with Gasteiger partial charge >= 0.3 is 0 Å². The van der Waals surface area contributed by atoms with E-state index in [4.69, 9.17) is 9.47 Å². The smallest absolute Gasteiger partial charge is 0.224 e. The summed E-state index contributed by atoms with van der Waals surface area (Å²) < 4.78 is 11.5. The van der Waals surface area contributed by atoms with Crippen LogP contribution >= 0.6 is 0 Å². The van der Waals surface area contributed by atoms with Crippen LogP contribution in [0.15, 0.2) is 60.2 Å². The molecule has 0 fully saturated rings. The molecule has 0 unspecified atom stereocenters. The number of carbonyl (C=O) groups is 2. The van der Waals surface area contributed by atoms with Gasteiger partial charge in [0, 0.05) is 12.0 Å². The second kappa shape index (κ2) is 7.66. The second-order valence-corrected chi connectivity index (χ2v) is 6.72. The normalized spacial score (nSPS) is 18.5. The number of hydrogen-bond donors (Lipinski definition) is 1. The zero-order chi connectivity index (χ0) is 18.6. The molecule has 5 nitrogen and oxygen atoms in total. The van der Waals surface area contributed by atoms with Crippen molar-refractivity contribution in [2.45, 2.75) is 25.4 Å². The molecule has 2 aromatic rings. The van der Waals surface area contributed by atoms with Crippen LogP contribution in [0.5, 0.6) is 11.5 Å². The topological polar surface area (TPSA) is 64.6 Å². The van der Waals surface area contributed by atoms with Crippen molar-refractivity contribution >= 4 is 17.3 Å². The first-order chi connectivity index (χ1) is 13.2. The molecule has 1 N–H and O–H groups in total. The van der Waals surface area contributed by atoms with Gasteiger partial charge in [0.15, 0.2) is 17.3 Å².